The number of fused-ring (bicyclic) bond motifs is 1. The van der Waals surface area contributed by atoms with Crippen LogP contribution in [0, 0.1) is 5.92 Å². The van der Waals surface area contributed by atoms with Gasteiger partial charge in [0.25, 0.3) is 0 Å². The van der Waals surface area contributed by atoms with Crippen molar-refractivity contribution in [2.45, 2.75) is 70.7 Å². The van der Waals surface area contributed by atoms with Gasteiger partial charge in [0.1, 0.15) is 5.75 Å². The third kappa shape index (κ3) is 4.26. The van der Waals surface area contributed by atoms with Gasteiger partial charge in [0.05, 0.1) is 23.5 Å². The average molecular weight is 383 g/mol. The summed E-state index contributed by atoms with van der Waals surface area (Å²) in [6.45, 7) is 10.2. The van der Waals surface area contributed by atoms with Crippen LogP contribution in [0.15, 0.2) is 24.4 Å². The summed E-state index contributed by atoms with van der Waals surface area (Å²) >= 11 is 0. The molecule has 0 amide bonds. The van der Waals surface area contributed by atoms with Gasteiger partial charge >= 0.3 is 6.18 Å². The fraction of sp³-hybridized carbons (Fsp3) is 0.619. The van der Waals surface area contributed by atoms with Gasteiger partial charge in [-0.25, -0.2) is 0 Å². The molecule has 1 aromatic rings. The molecule has 1 saturated carbocycles. The van der Waals surface area contributed by atoms with Crippen LogP contribution in [0.25, 0.3) is 0 Å². The predicted octanol–water partition coefficient (Wildman–Crippen LogP) is 5.31. The lowest BCUT2D eigenvalue weighted by Crippen LogP contribution is -2.54. The topological polar surface area (TPSA) is 32.7 Å². The quantitative estimate of drug-likeness (QED) is 0.748. The Labute approximate surface area is 158 Å². The van der Waals surface area contributed by atoms with E-state index in [1.807, 2.05) is 13.8 Å². The van der Waals surface area contributed by atoms with Crippen molar-refractivity contribution in [3.8, 4) is 5.75 Å². The van der Waals surface area contributed by atoms with E-state index in [0.29, 0.717) is 49.5 Å². The lowest BCUT2D eigenvalue weighted by Gasteiger charge is -2.50. The van der Waals surface area contributed by atoms with Gasteiger partial charge in [-0.3, -0.25) is 0 Å². The molecule has 27 heavy (non-hydrogen) atoms. The molecular weight excluding hydrogens is 355 g/mol. The molecule has 1 fully saturated rings. The van der Waals surface area contributed by atoms with E-state index in [1.165, 1.54) is 0 Å². The Bertz CT molecular complexity index is 717. The Morgan fingerprint density at radius 3 is 2.52 bits per heavy atom. The number of anilines is 1. The first-order valence-electron chi connectivity index (χ1n) is 9.54. The third-order valence-corrected chi connectivity index (χ3v) is 5.41. The maximum Gasteiger partial charge on any atom is 0.418 e. The summed E-state index contributed by atoms with van der Waals surface area (Å²) in [6.07, 6.45) is -1.69. The van der Waals surface area contributed by atoms with E-state index in [4.69, 9.17) is 4.74 Å². The SMILES string of the molecule is C=C1CCc2cc(OCCC(C)C)cc(C(F)(F)F)c2N1C1CC(C)(O)C1. The molecule has 1 aromatic carbocycles. The fourth-order valence-electron chi connectivity index (χ4n) is 3.99. The van der Waals surface area contributed by atoms with E-state index in [1.54, 1.807) is 17.9 Å². The van der Waals surface area contributed by atoms with Crippen LogP contribution in [0.2, 0.25) is 0 Å². The van der Waals surface area contributed by atoms with Crippen molar-refractivity contribution in [1.82, 2.24) is 0 Å². The maximum atomic E-state index is 13.9. The van der Waals surface area contributed by atoms with Crippen LogP contribution in [0.1, 0.15) is 57.6 Å². The van der Waals surface area contributed by atoms with Gasteiger partial charge in [0.15, 0.2) is 0 Å². The summed E-state index contributed by atoms with van der Waals surface area (Å²) in [5, 5.41) is 10.1. The number of alkyl halides is 3. The minimum absolute atomic E-state index is 0.152. The first-order valence-corrected chi connectivity index (χ1v) is 9.54. The molecule has 2 aliphatic rings. The monoisotopic (exact) mass is 383 g/mol. The molecule has 3 nitrogen and oxygen atoms in total. The van der Waals surface area contributed by atoms with Gasteiger partial charge in [-0.15, -0.1) is 0 Å². The van der Waals surface area contributed by atoms with E-state index in [9.17, 15) is 18.3 Å². The zero-order valence-electron chi connectivity index (χ0n) is 16.2. The summed E-state index contributed by atoms with van der Waals surface area (Å²) in [4.78, 5) is 1.71. The Morgan fingerprint density at radius 1 is 1.30 bits per heavy atom. The zero-order chi connectivity index (χ0) is 20.0. The van der Waals surface area contributed by atoms with Gasteiger partial charge in [-0.2, -0.15) is 13.2 Å². The lowest BCUT2D eigenvalue weighted by atomic mass is 9.75. The molecular formula is C21H28F3NO2. The summed E-state index contributed by atoms with van der Waals surface area (Å²) in [7, 11) is 0. The van der Waals surface area contributed by atoms with Crippen LogP contribution in [0.3, 0.4) is 0 Å². The summed E-state index contributed by atoms with van der Waals surface area (Å²) in [6, 6.07) is 2.70. The predicted molar refractivity (Wildman–Crippen MR) is 100.0 cm³/mol. The number of hydrogen-bond donors (Lipinski definition) is 1. The molecule has 0 unspecified atom stereocenters. The third-order valence-electron chi connectivity index (χ3n) is 5.41. The number of ether oxygens (including phenoxy) is 1. The molecule has 1 aliphatic carbocycles. The number of nitrogens with zero attached hydrogens (tertiary/aromatic N) is 1. The Kier molecular flexibility index (Phi) is 5.23. The number of aliphatic hydroxyl groups is 1. The van der Waals surface area contributed by atoms with Gasteiger partial charge in [0.2, 0.25) is 0 Å². The molecule has 0 aromatic heterocycles. The number of benzene rings is 1. The summed E-state index contributed by atoms with van der Waals surface area (Å²) in [5.41, 5.74) is 0.0219. The van der Waals surface area contributed by atoms with Gasteiger partial charge in [-0.05, 0) is 62.6 Å². The molecule has 150 valence electrons. The highest BCUT2D eigenvalue weighted by Gasteiger charge is 2.46. The van der Waals surface area contributed by atoms with Crippen molar-refractivity contribution in [3.63, 3.8) is 0 Å². The summed E-state index contributed by atoms with van der Waals surface area (Å²) in [5.74, 6) is 0.699. The summed E-state index contributed by atoms with van der Waals surface area (Å²) < 4.78 is 47.3. The van der Waals surface area contributed by atoms with Crippen molar-refractivity contribution in [2.75, 3.05) is 11.5 Å². The molecule has 0 bridgehead atoms. The van der Waals surface area contributed by atoms with Crippen LogP contribution >= 0.6 is 0 Å². The first kappa shape index (κ1) is 20.1. The molecule has 1 aliphatic heterocycles. The maximum absolute atomic E-state index is 13.9. The molecule has 0 radical (unpaired) electrons. The van der Waals surface area contributed by atoms with Crippen molar-refractivity contribution < 1.29 is 23.0 Å². The molecule has 3 rings (SSSR count). The molecule has 1 N–H and O–H groups in total. The van der Waals surface area contributed by atoms with Crippen LogP contribution in [-0.2, 0) is 12.6 Å². The molecule has 1 heterocycles. The van der Waals surface area contributed by atoms with E-state index in [0.717, 1.165) is 12.5 Å². The average Bonchev–Trinajstić information content (AvgIpc) is 2.51. The lowest BCUT2D eigenvalue weighted by molar-refractivity contribution is -0.137. The van der Waals surface area contributed by atoms with E-state index in [2.05, 4.69) is 6.58 Å². The van der Waals surface area contributed by atoms with Crippen LogP contribution in [-0.4, -0.2) is 23.4 Å². The van der Waals surface area contributed by atoms with Gasteiger partial charge in [0, 0.05) is 11.7 Å². The van der Waals surface area contributed by atoms with E-state index >= 15 is 0 Å². The largest absolute Gasteiger partial charge is 0.494 e. The van der Waals surface area contributed by atoms with Crippen LogP contribution in [0.5, 0.6) is 5.75 Å². The second-order valence-electron chi connectivity index (χ2n) is 8.50. The standard InChI is InChI=1S/C21H28F3NO2/c1-13(2)7-8-27-17-9-15-6-5-14(3)25(16-11-20(4,26)12-16)19(15)18(10-17)21(22,23)24/h9-10,13,16,26H,3,5-8,11-12H2,1-2,4H3. The second-order valence-corrected chi connectivity index (χ2v) is 8.50. The van der Waals surface area contributed by atoms with E-state index < -0.39 is 17.3 Å². The molecule has 6 heteroatoms. The Hall–Kier alpha value is -1.69. The molecule has 0 saturated heterocycles. The second kappa shape index (κ2) is 7.04. The van der Waals surface area contributed by atoms with Crippen LogP contribution in [0.4, 0.5) is 18.9 Å². The smallest absolute Gasteiger partial charge is 0.418 e. The number of hydrogen-bond acceptors (Lipinski definition) is 3. The zero-order valence-corrected chi connectivity index (χ0v) is 16.2. The number of aryl methyl sites for hydroxylation is 1. The van der Waals surface area contributed by atoms with Crippen molar-refractivity contribution in [2.24, 2.45) is 5.92 Å². The van der Waals surface area contributed by atoms with Crippen molar-refractivity contribution in [3.05, 3.63) is 35.5 Å². The fourth-order valence-corrected chi connectivity index (χ4v) is 3.99. The normalized spacial score (nSPS) is 25.4. The van der Waals surface area contributed by atoms with Gasteiger partial charge in [-0.1, -0.05) is 20.4 Å². The van der Waals surface area contributed by atoms with E-state index in [-0.39, 0.29) is 17.5 Å². The molecule has 0 atom stereocenters. The minimum Gasteiger partial charge on any atom is -0.494 e. The highest BCUT2D eigenvalue weighted by molar-refractivity contribution is 5.69. The Balaban J connectivity index is 1.97. The van der Waals surface area contributed by atoms with Gasteiger partial charge < -0.3 is 14.7 Å². The highest BCUT2D eigenvalue weighted by Crippen LogP contribution is 2.49. The highest BCUT2D eigenvalue weighted by atomic mass is 19.4. The first-order chi connectivity index (χ1) is 12.5. The molecule has 0 spiro atoms. The number of halogens is 3. The van der Waals surface area contributed by atoms with Crippen LogP contribution < -0.4 is 9.64 Å². The van der Waals surface area contributed by atoms with Crippen molar-refractivity contribution >= 4 is 5.69 Å². The number of rotatable bonds is 5. The minimum atomic E-state index is -4.48. The number of allylic oxidation sites excluding steroid dienone is 1. The Morgan fingerprint density at radius 2 is 1.96 bits per heavy atom. The van der Waals surface area contributed by atoms with Crippen molar-refractivity contribution in [1.29, 1.82) is 0 Å².